The number of aromatic nitrogens is 4. The van der Waals surface area contributed by atoms with Gasteiger partial charge in [-0.1, -0.05) is 30.4 Å². The summed E-state index contributed by atoms with van der Waals surface area (Å²) >= 11 is 1.45. The van der Waals surface area contributed by atoms with Crippen LogP contribution < -0.4 is 16.0 Å². The lowest BCUT2D eigenvalue weighted by atomic mass is 9.79. The summed E-state index contributed by atoms with van der Waals surface area (Å²) in [6, 6.07) is 11.6. The molecular formula is C32H37N7O4S. The Balaban J connectivity index is 0.970. The first-order valence-corrected chi connectivity index (χ1v) is 16.0. The Morgan fingerprint density at radius 2 is 1.93 bits per heavy atom. The van der Waals surface area contributed by atoms with Crippen molar-refractivity contribution in [3.05, 3.63) is 66.5 Å². The van der Waals surface area contributed by atoms with Crippen molar-refractivity contribution in [1.29, 1.82) is 0 Å². The molecule has 0 unspecified atom stereocenters. The molecule has 230 valence electrons. The van der Waals surface area contributed by atoms with Crippen LogP contribution in [0, 0.1) is 5.92 Å². The molecule has 0 saturated heterocycles. The number of ether oxygens (including phenoxy) is 1. The zero-order chi connectivity index (χ0) is 30.5. The van der Waals surface area contributed by atoms with Gasteiger partial charge in [0, 0.05) is 48.7 Å². The summed E-state index contributed by atoms with van der Waals surface area (Å²) in [6.07, 6.45) is 9.60. The summed E-state index contributed by atoms with van der Waals surface area (Å²) in [4.78, 5) is 42.9. The minimum absolute atomic E-state index is 0.0184. The smallest absolute Gasteiger partial charge is 0.269 e. The van der Waals surface area contributed by atoms with Crippen molar-refractivity contribution in [2.45, 2.75) is 76.3 Å². The number of aliphatic hydroxyl groups is 1. The van der Waals surface area contributed by atoms with Crippen LogP contribution in [0.15, 0.2) is 55.0 Å². The lowest BCUT2D eigenvalue weighted by Gasteiger charge is -2.37. The van der Waals surface area contributed by atoms with Gasteiger partial charge in [0.25, 0.3) is 5.91 Å². The van der Waals surface area contributed by atoms with E-state index in [4.69, 9.17) is 4.74 Å². The Hall–Kier alpha value is -3.84. The average molecular weight is 616 g/mol. The number of carbonyl (C=O) groups excluding carboxylic acids is 2. The molecular weight excluding hydrogens is 578 g/mol. The number of pyridine rings is 1. The number of hydrogen-bond donors (Lipinski definition) is 4. The van der Waals surface area contributed by atoms with Crippen LogP contribution in [-0.2, 0) is 16.1 Å². The standard InChI is InChI=1S/C32H37N7O4S/c1-2-22(17-36-31(42)25-6-3-4-11-33-25)37-23-12-20(13-23)30(41)39-32-38-24-10-9-19(14-28(24)44-32)21-15-34-29(35-16-21)18-43-27-8-5-7-26(27)40/h3-4,6,9-11,14-16,20,22-23,26-27,37,40H,2,5,7-8,12-13,17-18H2,1H3,(H,36,42)(H,38,39,41)/t20?,22-,23?,26-,27-/m0/s1. The molecule has 2 amide bonds. The molecule has 2 fully saturated rings. The quantitative estimate of drug-likeness (QED) is 0.185. The van der Waals surface area contributed by atoms with Crippen LogP contribution in [0.5, 0.6) is 0 Å². The number of aliphatic hydroxyl groups excluding tert-OH is 1. The van der Waals surface area contributed by atoms with E-state index in [0.29, 0.717) is 23.2 Å². The SMILES string of the molecule is CC[C@@H](CNC(=O)c1ccccn1)NC1CC(C(=O)Nc2nc3ccc(-c4cnc(CO[C@H]5CCC[C@@H]5O)nc4)cc3s2)C1. The van der Waals surface area contributed by atoms with Crippen LogP contribution in [0.3, 0.4) is 0 Å². The van der Waals surface area contributed by atoms with Crippen molar-refractivity contribution in [3.63, 3.8) is 0 Å². The third-order valence-corrected chi connectivity index (χ3v) is 9.31. The van der Waals surface area contributed by atoms with E-state index in [0.717, 1.165) is 59.9 Å². The van der Waals surface area contributed by atoms with E-state index in [1.54, 1.807) is 36.8 Å². The largest absolute Gasteiger partial charge is 0.390 e. The monoisotopic (exact) mass is 615 g/mol. The van der Waals surface area contributed by atoms with Gasteiger partial charge in [0.15, 0.2) is 11.0 Å². The van der Waals surface area contributed by atoms with E-state index < -0.39 is 6.10 Å². The van der Waals surface area contributed by atoms with Gasteiger partial charge >= 0.3 is 0 Å². The van der Waals surface area contributed by atoms with E-state index in [2.05, 4.69) is 42.8 Å². The van der Waals surface area contributed by atoms with Crippen molar-refractivity contribution >= 4 is 38.5 Å². The second kappa shape index (κ2) is 13.9. The number of carbonyl (C=O) groups is 2. The average Bonchev–Trinajstić information content (AvgIpc) is 3.63. The highest BCUT2D eigenvalue weighted by Crippen LogP contribution is 2.33. The molecule has 12 heteroatoms. The van der Waals surface area contributed by atoms with E-state index >= 15 is 0 Å². The predicted octanol–water partition coefficient (Wildman–Crippen LogP) is 4.09. The molecule has 3 aromatic heterocycles. The molecule has 0 spiro atoms. The first kappa shape index (κ1) is 30.2. The highest BCUT2D eigenvalue weighted by Gasteiger charge is 2.35. The Labute approximate surface area is 259 Å². The number of amides is 2. The van der Waals surface area contributed by atoms with Gasteiger partial charge in [-0.25, -0.2) is 15.0 Å². The number of benzene rings is 1. The van der Waals surface area contributed by atoms with Gasteiger partial charge in [-0.05, 0) is 68.4 Å². The number of nitrogens with zero attached hydrogens (tertiary/aromatic N) is 4. The van der Waals surface area contributed by atoms with Crippen LogP contribution >= 0.6 is 11.3 Å². The van der Waals surface area contributed by atoms with Gasteiger partial charge in [-0.3, -0.25) is 14.6 Å². The summed E-state index contributed by atoms with van der Waals surface area (Å²) in [5.74, 6) is 0.304. The first-order chi connectivity index (χ1) is 21.4. The van der Waals surface area contributed by atoms with E-state index in [-0.39, 0.29) is 42.5 Å². The van der Waals surface area contributed by atoms with Gasteiger partial charge in [0.2, 0.25) is 5.91 Å². The summed E-state index contributed by atoms with van der Waals surface area (Å²) in [6.45, 7) is 2.86. The minimum atomic E-state index is -0.401. The van der Waals surface area contributed by atoms with Crippen molar-refractivity contribution in [2.24, 2.45) is 5.92 Å². The highest BCUT2D eigenvalue weighted by atomic mass is 32.1. The zero-order valence-electron chi connectivity index (χ0n) is 24.6. The Bertz CT molecular complexity index is 1580. The van der Waals surface area contributed by atoms with Crippen molar-refractivity contribution in [1.82, 2.24) is 30.6 Å². The summed E-state index contributed by atoms with van der Waals surface area (Å²) < 4.78 is 6.76. The van der Waals surface area contributed by atoms with Gasteiger partial charge < -0.3 is 25.8 Å². The van der Waals surface area contributed by atoms with Gasteiger partial charge in [0.05, 0.1) is 22.4 Å². The second-order valence-electron chi connectivity index (χ2n) is 11.5. The van der Waals surface area contributed by atoms with Crippen LogP contribution in [-0.4, -0.2) is 67.7 Å². The fourth-order valence-corrected chi connectivity index (χ4v) is 6.56. The molecule has 0 bridgehead atoms. The third kappa shape index (κ3) is 7.27. The molecule has 4 N–H and O–H groups in total. The maximum absolute atomic E-state index is 12.9. The first-order valence-electron chi connectivity index (χ1n) is 15.2. The molecule has 6 rings (SSSR count). The zero-order valence-corrected chi connectivity index (χ0v) is 25.4. The van der Waals surface area contributed by atoms with Gasteiger partial charge in [0.1, 0.15) is 12.3 Å². The van der Waals surface area contributed by atoms with Crippen LogP contribution in [0.25, 0.3) is 21.3 Å². The minimum Gasteiger partial charge on any atom is -0.390 e. The van der Waals surface area contributed by atoms with Crippen molar-refractivity contribution in [2.75, 3.05) is 11.9 Å². The molecule has 0 aliphatic heterocycles. The molecule has 4 aromatic rings. The molecule has 3 atom stereocenters. The lowest BCUT2D eigenvalue weighted by molar-refractivity contribution is -0.123. The molecule has 3 heterocycles. The molecule has 11 nitrogen and oxygen atoms in total. The number of nitrogens with one attached hydrogen (secondary N) is 3. The Morgan fingerprint density at radius 3 is 2.66 bits per heavy atom. The molecule has 2 saturated carbocycles. The van der Waals surface area contributed by atoms with Crippen LogP contribution in [0.2, 0.25) is 0 Å². The van der Waals surface area contributed by atoms with E-state index in [1.807, 2.05) is 18.2 Å². The predicted molar refractivity (Wildman–Crippen MR) is 168 cm³/mol. The van der Waals surface area contributed by atoms with Gasteiger partial charge in [-0.2, -0.15) is 0 Å². The Kier molecular flexibility index (Phi) is 9.51. The van der Waals surface area contributed by atoms with E-state index in [1.165, 1.54) is 11.3 Å². The van der Waals surface area contributed by atoms with Crippen LogP contribution in [0.1, 0.15) is 61.8 Å². The number of anilines is 1. The third-order valence-electron chi connectivity index (χ3n) is 8.38. The molecule has 0 radical (unpaired) electrons. The number of thiazole rings is 1. The second-order valence-corrected chi connectivity index (χ2v) is 12.5. The normalized spacial score (nSPS) is 22.0. The fraction of sp³-hybridized carbons (Fsp3) is 0.438. The van der Waals surface area contributed by atoms with E-state index in [9.17, 15) is 14.7 Å². The topological polar surface area (TPSA) is 151 Å². The fourth-order valence-electron chi connectivity index (χ4n) is 5.65. The number of hydrogen-bond acceptors (Lipinski definition) is 10. The van der Waals surface area contributed by atoms with Crippen molar-refractivity contribution in [3.8, 4) is 11.1 Å². The summed E-state index contributed by atoms with van der Waals surface area (Å²) in [7, 11) is 0. The van der Waals surface area contributed by atoms with Crippen molar-refractivity contribution < 1.29 is 19.4 Å². The summed E-state index contributed by atoms with van der Waals surface area (Å²) in [5, 5.41) is 20.0. The lowest BCUT2D eigenvalue weighted by Crippen LogP contribution is -2.52. The van der Waals surface area contributed by atoms with Crippen LogP contribution in [0.4, 0.5) is 5.13 Å². The maximum atomic E-state index is 12.9. The maximum Gasteiger partial charge on any atom is 0.269 e. The molecule has 44 heavy (non-hydrogen) atoms. The molecule has 1 aromatic carbocycles. The molecule has 2 aliphatic carbocycles. The number of rotatable bonds is 12. The number of fused-ring (bicyclic) bond motifs is 1. The Morgan fingerprint density at radius 1 is 1.09 bits per heavy atom. The summed E-state index contributed by atoms with van der Waals surface area (Å²) in [5.41, 5.74) is 3.07. The highest BCUT2D eigenvalue weighted by molar-refractivity contribution is 7.22. The van der Waals surface area contributed by atoms with Gasteiger partial charge in [-0.15, -0.1) is 0 Å². The molecule has 2 aliphatic rings.